The molecule has 256 valence electrons. The van der Waals surface area contributed by atoms with Crippen molar-refractivity contribution in [2.24, 2.45) is 0 Å². The van der Waals surface area contributed by atoms with Gasteiger partial charge in [-0.25, -0.2) is 0 Å². The zero-order valence-electron chi connectivity index (χ0n) is 30.3. The molecule has 3 heterocycles. The molecule has 0 bridgehead atoms. The van der Waals surface area contributed by atoms with Crippen molar-refractivity contribution in [1.29, 1.82) is 0 Å². The van der Waals surface area contributed by atoms with E-state index in [0.717, 1.165) is 22.4 Å². The summed E-state index contributed by atoms with van der Waals surface area (Å²) in [6.07, 6.45) is 10.1. The van der Waals surface area contributed by atoms with Crippen molar-refractivity contribution in [2.75, 3.05) is 0 Å². The first-order chi connectivity index (χ1) is 26.5. The van der Waals surface area contributed by atoms with E-state index in [0.29, 0.717) is 0 Å². The van der Waals surface area contributed by atoms with E-state index in [1.54, 1.807) is 0 Å². The van der Waals surface area contributed by atoms with E-state index >= 15 is 0 Å². The first-order valence-corrected chi connectivity index (χ1v) is 18.7. The zero-order valence-corrected chi connectivity index (χ0v) is 30.3. The molecule has 0 aliphatic heterocycles. The minimum atomic E-state index is -0.148. The average molecular weight is 692 g/mol. The molecule has 0 unspecified atom stereocenters. The van der Waals surface area contributed by atoms with E-state index < -0.39 is 0 Å². The Labute approximate surface area is 313 Å². The summed E-state index contributed by atoms with van der Waals surface area (Å²) >= 11 is 0. The summed E-state index contributed by atoms with van der Waals surface area (Å²) in [4.78, 5) is 0. The first kappa shape index (κ1) is 30.8. The van der Waals surface area contributed by atoms with E-state index in [1.807, 2.05) is 18.2 Å². The van der Waals surface area contributed by atoms with Gasteiger partial charge in [-0.15, -0.1) is 0 Å². The molecule has 11 rings (SSSR count). The van der Waals surface area contributed by atoms with Gasteiger partial charge in [-0.05, 0) is 76.9 Å². The largest absolute Gasteiger partial charge is 0.316 e. The summed E-state index contributed by atoms with van der Waals surface area (Å²) in [7, 11) is 0. The number of rotatable bonds is 5. The third-order valence-corrected chi connectivity index (χ3v) is 11.8. The maximum Gasteiger partial charge on any atom is 0.0588 e. The lowest BCUT2D eigenvalue weighted by molar-refractivity contribution is 0.664. The minimum Gasteiger partial charge on any atom is -0.316 e. The Morgan fingerprint density at radius 2 is 1.06 bits per heavy atom. The van der Waals surface area contributed by atoms with Crippen LogP contribution in [0.25, 0.3) is 94.1 Å². The molecule has 1 aliphatic carbocycles. The molecule has 3 heteroatoms. The van der Waals surface area contributed by atoms with Crippen molar-refractivity contribution in [2.45, 2.75) is 19.3 Å². The van der Waals surface area contributed by atoms with Crippen LogP contribution in [0.2, 0.25) is 0 Å². The van der Waals surface area contributed by atoms with Gasteiger partial charge in [0.1, 0.15) is 0 Å². The maximum atomic E-state index is 3.87. The highest BCUT2D eigenvalue weighted by atomic mass is 15.0. The molecule has 0 fully saturated rings. The Kier molecular flexibility index (Phi) is 6.45. The molecule has 10 aromatic rings. The van der Waals surface area contributed by atoms with E-state index in [1.165, 1.54) is 76.6 Å². The summed E-state index contributed by atoms with van der Waals surface area (Å²) < 4.78 is 7.26. The second kappa shape index (κ2) is 11.3. The van der Waals surface area contributed by atoms with Gasteiger partial charge >= 0.3 is 0 Å². The molecule has 1 aliphatic rings. The summed E-state index contributed by atoms with van der Waals surface area (Å²) in [5.74, 6) is 0. The van der Waals surface area contributed by atoms with Crippen LogP contribution in [-0.2, 0) is 5.41 Å². The Hall–Kier alpha value is -6.84. The molecule has 3 aromatic heterocycles. The van der Waals surface area contributed by atoms with Gasteiger partial charge in [0.15, 0.2) is 0 Å². The number of allylic oxidation sites excluding steroid dienone is 4. The van der Waals surface area contributed by atoms with Gasteiger partial charge in [-0.2, -0.15) is 0 Å². The highest BCUT2D eigenvalue weighted by Gasteiger charge is 2.38. The molecular weight excluding hydrogens is 655 g/mol. The van der Waals surface area contributed by atoms with Crippen molar-refractivity contribution in [3.8, 4) is 22.5 Å². The number of aromatic nitrogens is 3. The second-order valence-corrected chi connectivity index (χ2v) is 15.0. The zero-order chi connectivity index (χ0) is 36.1. The van der Waals surface area contributed by atoms with Gasteiger partial charge in [0.25, 0.3) is 0 Å². The monoisotopic (exact) mass is 691 g/mol. The van der Waals surface area contributed by atoms with Gasteiger partial charge in [-0.3, -0.25) is 0 Å². The molecule has 0 amide bonds. The third kappa shape index (κ3) is 4.12. The van der Waals surface area contributed by atoms with E-state index in [2.05, 4.69) is 192 Å². The van der Waals surface area contributed by atoms with Crippen molar-refractivity contribution in [3.05, 3.63) is 188 Å². The number of fused-ring (bicyclic) bond motifs is 13. The molecule has 3 nitrogen and oxygen atoms in total. The maximum absolute atomic E-state index is 3.87. The lowest BCUT2D eigenvalue weighted by Gasteiger charge is -2.23. The molecule has 0 N–H and O–H groups in total. The second-order valence-electron chi connectivity index (χ2n) is 15.0. The lowest BCUT2D eigenvalue weighted by Crippen LogP contribution is -2.16. The standard InChI is InChI=1S/C51H37N3/c1-4-5-6-15-30-52-44-29-25-33(31-42(44)39-26-24-34(32-48(39)52)53-45-21-12-8-17-36(45)37-18-9-13-22-46(37)53)54-47-23-14-10-19-38(47)41-28-27-40-35-16-7-11-20-43(35)51(2,3)49(40)50(41)54/h4-32H,1H2,2-3H3/b6-5-,30-15-. The van der Waals surface area contributed by atoms with Crippen LogP contribution in [-0.4, -0.2) is 13.7 Å². The van der Waals surface area contributed by atoms with E-state index in [9.17, 15) is 0 Å². The minimum absolute atomic E-state index is 0.148. The van der Waals surface area contributed by atoms with E-state index in [4.69, 9.17) is 0 Å². The lowest BCUT2D eigenvalue weighted by atomic mass is 9.81. The van der Waals surface area contributed by atoms with Crippen LogP contribution in [0.1, 0.15) is 25.0 Å². The van der Waals surface area contributed by atoms with Crippen molar-refractivity contribution < 1.29 is 0 Å². The van der Waals surface area contributed by atoms with Crippen LogP contribution in [0.5, 0.6) is 0 Å². The number of nitrogens with zero attached hydrogens (tertiary/aromatic N) is 3. The SMILES string of the molecule is C=C/C=C\C=C/n1c2ccc(-n3c4ccccc4c4ccc5c(c43)C(C)(C)c3ccccc3-5)cc2c2ccc(-n3c4ccccc4c4ccccc43)cc21. The fourth-order valence-corrected chi connectivity index (χ4v) is 9.53. The fraction of sp³-hybridized carbons (Fsp3) is 0.0588. The van der Waals surface area contributed by atoms with Crippen molar-refractivity contribution in [3.63, 3.8) is 0 Å². The molecule has 0 saturated heterocycles. The third-order valence-electron chi connectivity index (χ3n) is 11.8. The van der Waals surface area contributed by atoms with Gasteiger partial charge in [-0.1, -0.05) is 136 Å². The topological polar surface area (TPSA) is 14.8 Å². The number of hydrogen-bond acceptors (Lipinski definition) is 0. The summed E-state index contributed by atoms with van der Waals surface area (Å²) in [6, 6.07) is 53.9. The van der Waals surface area contributed by atoms with Crippen LogP contribution in [0.15, 0.2) is 176 Å². The van der Waals surface area contributed by atoms with Crippen LogP contribution in [0.4, 0.5) is 0 Å². The Morgan fingerprint density at radius 1 is 0.463 bits per heavy atom. The Balaban J connectivity index is 1.20. The summed E-state index contributed by atoms with van der Waals surface area (Å²) in [6.45, 7) is 8.65. The summed E-state index contributed by atoms with van der Waals surface area (Å²) in [5, 5.41) is 7.52. The molecule has 0 saturated carbocycles. The van der Waals surface area contributed by atoms with Crippen molar-refractivity contribution in [1.82, 2.24) is 13.7 Å². The normalized spacial score (nSPS) is 13.8. The number of hydrogen-bond donors (Lipinski definition) is 0. The first-order valence-electron chi connectivity index (χ1n) is 18.7. The highest BCUT2D eigenvalue weighted by molar-refractivity contribution is 6.15. The Bertz CT molecular complexity index is 3210. The van der Waals surface area contributed by atoms with Crippen LogP contribution in [0, 0.1) is 0 Å². The number of benzene rings is 7. The molecular formula is C51H37N3. The van der Waals surface area contributed by atoms with Crippen molar-refractivity contribution >= 4 is 71.6 Å². The fourth-order valence-electron chi connectivity index (χ4n) is 9.53. The van der Waals surface area contributed by atoms with Gasteiger partial charge in [0, 0.05) is 55.3 Å². The average Bonchev–Trinajstić information content (AvgIpc) is 3.90. The quantitative estimate of drug-likeness (QED) is 0.160. The number of para-hydroxylation sites is 3. The van der Waals surface area contributed by atoms with Crippen LogP contribution >= 0.6 is 0 Å². The van der Waals surface area contributed by atoms with Crippen LogP contribution in [0.3, 0.4) is 0 Å². The molecule has 0 radical (unpaired) electrons. The predicted molar refractivity (Wildman–Crippen MR) is 230 cm³/mol. The van der Waals surface area contributed by atoms with Gasteiger partial charge in [0.05, 0.1) is 33.1 Å². The van der Waals surface area contributed by atoms with Gasteiger partial charge in [0.2, 0.25) is 0 Å². The smallest absolute Gasteiger partial charge is 0.0588 e. The van der Waals surface area contributed by atoms with E-state index in [-0.39, 0.29) is 5.41 Å². The molecule has 0 spiro atoms. The molecule has 54 heavy (non-hydrogen) atoms. The van der Waals surface area contributed by atoms with Crippen LogP contribution < -0.4 is 0 Å². The molecule has 0 atom stereocenters. The van der Waals surface area contributed by atoms with Gasteiger partial charge < -0.3 is 13.7 Å². The molecule has 7 aromatic carbocycles. The predicted octanol–water partition coefficient (Wildman–Crippen LogP) is 13.5. The summed E-state index contributed by atoms with van der Waals surface area (Å²) in [5.41, 5.74) is 14.9. The highest BCUT2D eigenvalue weighted by Crippen LogP contribution is 2.53. The Morgan fingerprint density at radius 3 is 1.80 bits per heavy atom.